The largest absolute Gasteiger partial charge is 0.378 e. The zero-order chi connectivity index (χ0) is 15.6. The Hall–Kier alpha value is -1.73. The van der Waals surface area contributed by atoms with E-state index in [1.807, 2.05) is 0 Å². The van der Waals surface area contributed by atoms with Crippen molar-refractivity contribution >= 4 is 38.9 Å². The summed E-state index contributed by atoms with van der Waals surface area (Å²) >= 11 is 8.78. The standard InChI is InChI=1S/C13H8BrClF2N2O2/c14-8-4-11(17)12(5-10(8)16)18-6-7-9(15)2-1-3-13(7)19(20)21/h1-5,18H,6H2. The SMILES string of the molecule is O=[N+]([O-])c1cccc(Cl)c1CNc1cc(F)c(Br)cc1F. The molecule has 0 atom stereocenters. The molecule has 1 N–H and O–H groups in total. The predicted octanol–water partition coefficient (Wildman–Crippen LogP) is 4.90. The Morgan fingerprint density at radius 3 is 2.67 bits per heavy atom. The molecule has 21 heavy (non-hydrogen) atoms. The third-order valence-electron chi connectivity index (χ3n) is 2.76. The van der Waals surface area contributed by atoms with Gasteiger partial charge in [-0.3, -0.25) is 10.1 Å². The van der Waals surface area contributed by atoms with Crippen LogP contribution in [-0.4, -0.2) is 4.92 Å². The van der Waals surface area contributed by atoms with Crippen molar-refractivity contribution in [3.05, 3.63) is 67.1 Å². The summed E-state index contributed by atoms with van der Waals surface area (Å²) in [4.78, 5) is 10.3. The van der Waals surface area contributed by atoms with Crippen LogP contribution in [0.15, 0.2) is 34.8 Å². The average molecular weight is 378 g/mol. The van der Waals surface area contributed by atoms with E-state index < -0.39 is 16.6 Å². The van der Waals surface area contributed by atoms with E-state index in [0.717, 1.165) is 12.1 Å². The summed E-state index contributed by atoms with van der Waals surface area (Å²) in [6.07, 6.45) is 0. The van der Waals surface area contributed by atoms with E-state index in [0.29, 0.717) is 0 Å². The van der Waals surface area contributed by atoms with Gasteiger partial charge in [0.25, 0.3) is 5.69 Å². The van der Waals surface area contributed by atoms with Crippen LogP contribution in [0.25, 0.3) is 0 Å². The summed E-state index contributed by atoms with van der Waals surface area (Å²) < 4.78 is 27.0. The van der Waals surface area contributed by atoms with Gasteiger partial charge in [0.05, 0.1) is 25.7 Å². The Kier molecular flexibility index (Phi) is 4.74. The molecule has 0 amide bonds. The lowest BCUT2D eigenvalue weighted by atomic mass is 10.1. The summed E-state index contributed by atoms with van der Waals surface area (Å²) in [7, 11) is 0. The van der Waals surface area contributed by atoms with Crippen molar-refractivity contribution in [2.45, 2.75) is 6.54 Å². The molecule has 2 rings (SSSR count). The fourth-order valence-electron chi connectivity index (χ4n) is 1.73. The minimum atomic E-state index is -0.682. The van der Waals surface area contributed by atoms with Crippen LogP contribution in [0.2, 0.25) is 5.02 Å². The van der Waals surface area contributed by atoms with Gasteiger partial charge in [0.1, 0.15) is 11.6 Å². The van der Waals surface area contributed by atoms with Crippen LogP contribution in [0, 0.1) is 21.7 Å². The normalized spacial score (nSPS) is 10.5. The minimum absolute atomic E-state index is 0.00530. The Balaban J connectivity index is 2.29. The second-order valence-electron chi connectivity index (χ2n) is 4.09. The van der Waals surface area contributed by atoms with Gasteiger partial charge in [0.2, 0.25) is 0 Å². The zero-order valence-corrected chi connectivity index (χ0v) is 12.7. The van der Waals surface area contributed by atoms with Gasteiger partial charge in [0.15, 0.2) is 0 Å². The molecule has 8 heteroatoms. The number of nitro groups is 1. The van der Waals surface area contributed by atoms with Crippen molar-refractivity contribution in [3.8, 4) is 0 Å². The van der Waals surface area contributed by atoms with Crippen molar-refractivity contribution in [1.82, 2.24) is 0 Å². The quantitative estimate of drug-likeness (QED) is 0.468. The fourth-order valence-corrected chi connectivity index (χ4v) is 2.29. The van der Waals surface area contributed by atoms with E-state index in [-0.39, 0.29) is 33.0 Å². The Morgan fingerprint density at radius 1 is 1.29 bits per heavy atom. The van der Waals surface area contributed by atoms with Crippen LogP contribution in [0.3, 0.4) is 0 Å². The summed E-state index contributed by atoms with van der Waals surface area (Å²) in [6, 6.07) is 6.16. The Morgan fingerprint density at radius 2 is 2.00 bits per heavy atom. The summed E-state index contributed by atoms with van der Waals surface area (Å²) in [5.74, 6) is -1.33. The summed E-state index contributed by atoms with van der Waals surface area (Å²) in [5.41, 5.74) is -0.0928. The van der Waals surface area contributed by atoms with Crippen molar-refractivity contribution < 1.29 is 13.7 Å². The van der Waals surface area contributed by atoms with Gasteiger partial charge in [-0.05, 0) is 28.1 Å². The third kappa shape index (κ3) is 3.48. The molecule has 0 aliphatic rings. The maximum atomic E-state index is 13.7. The number of benzene rings is 2. The molecule has 2 aromatic rings. The highest BCUT2D eigenvalue weighted by molar-refractivity contribution is 9.10. The molecule has 4 nitrogen and oxygen atoms in total. The molecule has 0 saturated carbocycles. The fraction of sp³-hybridized carbons (Fsp3) is 0.0769. The van der Waals surface area contributed by atoms with Gasteiger partial charge >= 0.3 is 0 Å². The lowest BCUT2D eigenvalue weighted by molar-refractivity contribution is -0.385. The molecule has 110 valence electrons. The maximum Gasteiger partial charge on any atom is 0.275 e. The van der Waals surface area contributed by atoms with Crippen LogP contribution in [-0.2, 0) is 6.54 Å². The first-order chi connectivity index (χ1) is 9.90. The molecule has 0 aliphatic carbocycles. The lowest BCUT2D eigenvalue weighted by Gasteiger charge is -2.10. The first-order valence-electron chi connectivity index (χ1n) is 5.70. The van der Waals surface area contributed by atoms with Gasteiger partial charge < -0.3 is 5.32 Å². The first kappa shape index (κ1) is 15.7. The van der Waals surface area contributed by atoms with Crippen LogP contribution in [0.4, 0.5) is 20.2 Å². The number of hydrogen-bond donors (Lipinski definition) is 1. The number of rotatable bonds is 4. The number of nitrogens with one attached hydrogen (secondary N) is 1. The summed E-state index contributed by atoms with van der Waals surface area (Å²) in [6.45, 7) is -0.103. The number of anilines is 1. The number of halogens is 4. The highest BCUT2D eigenvalue weighted by Gasteiger charge is 2.17. The highest BCUT2D eigenvalue weighted by atomic mass is 79.9. The molecule has 0 spiro atoms. The maximum absolute atomic E-state index is 13.7. The number of nitro benzene ring substituents is 1. The minimum Gasteiger partial charge on any atom is -0.378 e. The second-order valence-corrected chi connectivity index (χ2v) is 5.36. The van der Waals surface area contributed by atoms with Gasteiger partial charge in [-0.15, -0.1) is 0 Å². The molecule has 0 unspecified atom stereocenters. The van der Waals surface area contributed by atoms with Crippen LogP contribution in [0.1, 0.15) is 5.56 Å². The second kappa shape index (κ2) is 6.36. The molecular weight excluding hydrogens is 370 g/mol. The molecule has 0 fully saturated rings. The average Bonchev–Trinajstić information content (AvgIpc) is 2.42. The third-order valence-corrected chi connectivity index (χ3v) is 3.72. The van der Waals surface area contributed by atoms with Gasteiger partial charge in [0, 0.05) is 18.7 Å². The Bertz CT molecular complexity index is 713. The van der Waals surface area contributed by atoms with E-state index in [4.69, 9.17) is 11.6 Å². The molecule has 0 aliphatic heterocycles. The molecule has 0 radical (unpaired) electrons. The smallest absolute Gasteiger partial charge is 0.275 e. The van der Waals surface area contributed by atoms with E-state index in [1.54, 1.807) is 0 Å². The monoisotopic (exact) mass is 376 g/mol. The first-order valence-corrected chi connectivity index (χ1v) is 6.87. The molecule has 0 aromatic heterocycles. The van der Waals surface area contributed by atoms with Crippen LogP contribution >= 0.6 is 27.5 Å². The molecule has 0 heterocycles. The van der Waals surface area contributed by atoms with Crippen molar-refractivity contribution in [1.29, 1.82) is 0 Å². The highest BCUT2D eigenvalue weighted by Crippen LogP contribution is 2.28. The van der Waals surface area contributed by atoms with Crippen molar-refractivity contribution in [3.63, 3.8) is 0 Å². The van der Waals surface area contributed by atoms with Crippen LogP contribution in [0.5, 0.6) is 0 Å². The van der Waals surface area contributed by atoms with E-state index >= 15 is 0 Å². The van der Waals surface area contributed by atoms with Gasteiger partial charge in [-0.25, -0.2) is 8.78 Å². The summed E-state index contributed by atoms with van der Waals surface area (Å²) in [5, 5.41) is 13.7. The van der Waals surface area contributed by atoms with Crippen molar-refractivity contribution in [2.75, 3.05) is 5.32 Å². The van der Waals surface area contributed by atoms with E-state index in [2.05, 4.69) is 21.2 Å². The Labute approximate surface area is 132 Å². The number of nitrogens with zero attached hydrogens (tertiary/aromatic N) is 1. The topological polar surface area (TPSA) is 55.2 Å². The van der Waals surface area contributed by atoms with Gasteiger partial charge in [-0.1, -0.05) is 17.7 Å². The molecule has 0 saturated heterocycles. The molecule has 2 aromatic carbocycles. The van der Waals surface area contributed by atoms with Crippen LogP contribution < -0.4 is 5.32 Å². The van der Waals surface area contributed by atoms with Crippen molar-refractivity contribution in [2.24, 2.45) is 0 Å². The lowest BCUT2D eigenvalue weighted by Crippen LogP contribution is -2.05. The van der Waals surface area contributed by atoms with E-state index in [9.17, 15) is 18.9 Å². The zero-order valence-electron chi connectivity index (χ0n) is 10.4. The molecular formula is C13H8BrClF2N2O2. The predicted molar refractivity (Wildman–Crippen MR) is 79.5 cm³/mol. The molecule has 0 bridgehead atoms. The van der Waals surface area contributed by atoms with Gasteiger partial charge in [-0.2, -0.15) is 0 Å². The number of hydrogen-bond acceptors (Lipinski definition) is 3. The van der Waals surface area contributed by atoms with E-state index in [1.165, 1.54) is 18.2 Å².